The van der Waals surface area contributed by atoms with Crippen molar-refractivity contribution in [3.8, 4) is 5.75 Å². The van der Waals surface area contributed by atoms with Gasteiger partial charge in [0.25, 0.3) is 5.91 Å². The molecule has 120 valence electrons. The van der Waals surface area contributed by atoms with Gasteiger partial charge in [0.15, 0.2) is 6.10 Å². The molecule has 0 aromatic heterocycles. The number of aliphatic carboxylic acids is 1. The maximum atomic E-state index is 12.1. The van der Waals surface area contributed by atoms with Gasteiger partial charge in [-0.1, -0.05) is 12.1 Å². The first-order valence-corrected chi connectivity index (χ1v) is 7.71. The summed E-state index contributed by atoms with van der Waals surface area (Å²) in [6, 6.07) is 4.56. The number of hydrogen-bond donors (Lipinski definition) is 2. The van der Waals surface area contributed by atoms with Gasteiger partial charge in [-0.2, -0.15) is 0 Å². The Morgan fingerprint density at radius 3 is 2.73 bits per heavy atom. The third-order valence-corrected chi connectivity index (χ3v) is 3.65. The first-order valence-electron chi connectivity index (χ1n) is 6.92. The number of nitrogens with one attached hydrogen (secondary N) is 1. The minimum Gasteiger partial charge on any atom is -0.480 e. The molecular formula is C16H20BrNO4. The summed E-state index contributed by atoms with van der Waals surface area (Å²) in [5.74, 6) is -1.01. The molecule has 0 aliphatic heterocycles. The summed E-state index contributed by atoms with van der Waals surface area (Å²) in [6.07, 6.45) is 1.62. The lowest BCUT2D eigenvalue weighted by atomic mass is 10.1. The van der Waals surface area contributed by atoms with Crippen LogP contribution in [-0.4, -0.2) is 29.1 Å². The van der Waals surface area contributed by atoms with E-state index in [1.807, 2.05) is 19.1 Å². The molecule has 0 fully saturated rings. The second-order valence-corrected chi connectivity index (χ2v) is 5.81. The molecule has 2 unspecified atom stereocenters. The Bertz CT molecular complexity index is 559. The third-order valence-electron chi connectivity index (χ3n) is 3.03. The number of carbonyl (C=O) groups is 2. The number of amides is 1. The second-order valence-electron chi connectivity index (χ2n) is 4.96. The van der Waals surface area contributed by atoms with Crippen molar-refractivity contribution in [1.29, 1.82) is 0 Å². The molecule has 6 heteroatoms. The molecule has 0 heterocycles. The quantitative estimate of drug-likeness (QED) is 0.690. The molecule has 5 nitrogen and oxygen atoms in total. The molecule has 0 spiro atoms. The Balaban J connectivity index is 2.67. The molecule has 1 aromatic rings. The number of ether oxygens (including phenoxy) is 1. The first kappa shape index (κ1) is 18.2. The molecule has 1 amide bonds. The van der Waals surface area contributed by atoms with Crippen molar-refractivity contribution in [3.05, 3.63) is 40.9 Å². The van der Waals surface area contributed by atoms with Crippen LogP contribution in [0.5, 0.6) is 5.75 Å². The Hall–Kier alpha value is -1.82. The van der Waals surface area contributed by atoms with Crippen molar-refractivity contribution in [2.24, 2.45) is 0 Å². The van der Waals surface area contributed by atoms with Crippen LogP contribution in [0.15, 0.2) is 35.3 Å². The molecule has 1 aromatic carbocycles. The van der Waals surface area contributed by atoms with E-state index in [-0.39, 0.29) is 0 Å². The maximum absolute atomic E-state index is 12.1. The largest absolute Gasteiger partial charge is 0.480 e. The number of rotatable bonds is 8. The summed E-state index contributed by atoms with van der Waals surface area (Å²) in [5.41, 5.74) is 1.06. The number of hydrogen-bond acceptors (Lipinski definition) is 3. The maximum Gasteiger partial charge on any atom is 0.326 e. The lowest BCUT2D eigenvalue weighted by molar-refractivity contribution is -0.143. The van der Waals surface area contributed by atoms with E-state index in [1.54, 1.807) is 19.1 Å². The fourth-order valence-electron chi connectivity index (χ4n) is 1.78. The zero-order chi connectivity index (χ0) is 16.7. The van der Waals surface area contributed by atoms with Crippen LogP contribution in [0.3, 0.4) is 0 Å². The van der Waals surface area contributed by atoms with E-state index < -0.39 is 24.0 Å². The number of halogens is 1. The predicted molar refractivity (Wildman–Crippen MR) is 88.0 cm³/mol. The number of allylic oxidation sites excluding steroid dienone is 1. The van der Waals surface area contributed by atoms with Gasteiger partial charge in [-0.05, 0) is 60.3 Å². The van der Waals surface area contributed by atoms with E-state index in [2.05, 4.69) is 27.8 Å². The molecule has 2 atom stereocenters. The van der Waals surface area contributed by atoms with Gasteiger partial charge in [-0.15, -0.1) is 6.58 Å². The van der Waals surface area contributed by atoms with E-state index >= 15 is 0 Å². The summed E-state index contributed by atoms with van der Waals surface area (Å²) in [7, 11) is 0. The minimum absolute atomic E-state index is 0.297. The zero-order valence-corrected chi connectivity index (χ0v) is 14.2. The number of carboxylic acid groups (broad SMARTS) is 1. The van der Waals surface area contributed by atoms with Gasteiger partial charge in [0.2, 0.25) is 0 Å². The highest BCUT2D eigenvalue weighted by Crippen LogP contribution is 2.26. The molecule has 0 saturated heterocycles. The average molecular weight is 370 g/mol. The lowest BCUT2D eigenvalue weighted by Crippen LogP contribution is -2.46. The van der Waals surface area contributed by atoms with Gasteiger partial charge >= 0.3 is 5.97 Å². The molecule has 1 rings (SSSR count). The highest BCUT2D eigenvalue weighted by Gasteiger charge is 2.23. The highest BCUT2D eigenvalue weighted by molar-refractivity contribution is 9.10. The molecule has 0 bridgehead atoms. The molecular weight excluding hydrogens is 350 g/mol. The number of aryl methyl sites for hydroxylation is 1. The number of carbonyl (C=O) groups excluding carboxylic acids is 1. The minimum atomic E-state index is -1.07. The van der Waals surface area contributed by atoms with Crippen molar-refractivity contribution < 1.29 is 19.4 Å². The molecule has 22 heavy (non-hydrogen) atoms. The second kappa shape index (κ2) is 8.58. The van der Waals surface area contributed by atoms with Crippen LogP contribution in [0.4, 0.5) is 0 Å². The highest BCUT2D eigenvalue weighted by atomic mass is 79.9. The molecule has 0 saturated carbocycles. The van der Waals surface area contributed by atoms with Crippen molar-refractivity contribution in [1.82, 2.24) is 5.32 Å². The molecule has 0 aliphatic rings. The summed E-state index contributed by atoms with van der Waals surface area (Å²) < 4.78 is 6.32. The van der Waals surface area contributed by atoms with E-state index in [0.29, 0.717) is 18.6 Å². The Labute approximate surface area is 138 Å². The topological polar surface area (TPSA) is 75.6 Å². The molecule has 0 aliphatic carbocycles. The SMILES string of the molecule is C=CCCC(NC(=O)C(C)Oc1ccc(C)cc1Br)C(=O)O. The lowest BCUT2D eigenvalue weighted by Gasteiger charge is -2.19. The predicted octanol–water partition coefficient (Wildman–Crippen LogP) is 3.06. The van der Waals surface area contributed by atoms with E-state index in [4.69, 9.17) is 9.84 Å². The van der Waals surface area contributed by atoms with Crippen LogP contribution in [0, 0.1) is 6.92 Å². The van der Waals surface area contributed by atoms with Gasteiger partial charge in [0.1, 0.15) is 11.8 Å². The van der Waals surface area contributed by atoms with Gasteiger partial charge < -0.3 is 15.2 Å². The van der Waals surface area contributed by atoms with Gasteiger partial charge in [0, 0.05) is 0 Å². The van der Waals surface area contributed by atoms with Crippen LogP contribution in [0.2, 0.25) is 0 Å². The van der Waals surface area contributed by atoms with Crippen LogP contribution in [0.1, 0.15) is 25.3 Å². The van der Waals surface area contributed by atoms with Crippen molar-refractivity contribution in [2.45, 2.75) is 38.8 Å². The normalized spacial score (nSPS) is 13.0. The number of carboxylic acids is 1. The zero-order valence-electron chi connectivity index (χ0n) is 12.6. The van der Waals surface area contributed by atoms with Crippen LogP contribution in [-0.2, 0) is 9.59 Å². The van der Waals surface area contributed by atoms with Crippen LogP contribution in [0.25, 0.3) is 0 Å². The first-order chi connectivity index (χ1) is 10.3. The summed E-state index contributed by atoms with van der Waals surface area (Å²) in [4.78, 5) is 23.2. The fraction of sp³-hybridized carbons (Fsp3) is 0.375. The van der Waals surface area contributed by atoms with Gasteiger partial charge in [-0.3, -0.25) is 4.79 Å². The Morgan fingerprint density at radius 2 is 2.18 bits per heavy atom. The average Bonchev–Trinajstić information content (AvgIpc) is 2.45. The van der Waals surface area contributed by atoms with Gasteiger partial charge in [-0.25, -0.2) is 4.79 Å². The monoisotopic (exact) mass is 369 g/mol. The number of benzene rings is 1. The van der Waals surface area contributed by atoms with E-state index in [1.165, 1.54) is 0 Å². The summed E-state index contributed by atoms with van der Waals surface area (Å²) in [6.45, 7) is 7.07. The Morgan fingerprint density at radius 1 is 1.50 bits per heavy atom. The van der Waals surface area contributed by atoms with Crippen LogP contribution < -0.4 is 10.1 Å². The fourth-order valence-corrected chi connectivity index (χ4v) is 2.36. The van der Waals surface area contributed by atoms with Crippen molar-refractivity contribution in [2.75, 3.05) is 0 Å². The summed E-state index contributed by atoms with van der Waals surface area (Å²) in [5, 5.41) is 11.6. The van der Waals surface area contributed by atoms with Gasteiger partial charge in [0.05, 0.1) is 4.47 Å². The van der Waals surface area contributed by atoms with Crippen molar-refractivity contribution >= 4 is 27.8 Å². The van der Waals surface area contributed by atoms with E-state index in [0.717, 1.165) is 10.0 Å². The molecule has 0 radical (unpaired) electrons. The van der Waals surface area contributed by atoms with E-state index in [9.17, 15) is 9.59 Å². The standard InChI is InChI=1S/C16H20BrNO4/c1-4-5-6-13(16(20)21)18-15(19)11(3)22-14-8-7-10(2)9-12(14)17/h4,7-9,11,13H,1,5-6H2,2-3H3,(H,18,19)(H,20,21). The van der Waals surface area contributed by atoms with Crippen molar-refractivity contribution in [3.63, 3.8) is 0 Å². The summed E-state index contributed by atoms with van der Waals surface area (Å²) >= 11 is 3.37. The smallest absolute Gasteiger partial charge is 0.326 e. The third kappa shape index (κ3) is 5.52. The molecule has 2 N–H and O–H groups in total. The van der Waals surface area contributed by atoms with Crippen LogP contribution >= 0.6 is 15.9 Å². The Kier molecular flexibility index (Phi) is 7.11.